The highest BCUT2D eigenvalue weighted by molar-refractivity contribution is 9.10. The Morgan fingerprint density at radius 3 is 2.21 bits per heavy atom. The third kappa shape index (κ3) is 3.96. The molecule has 0 bridgehead atoms. The van der Waals surface area contributed by atoms with E-state index in [-0.39, 0.29) is 0 Å². The summed E-state index contributed by atoms with van der Waals surface area (Å²) in [5.74, 6) is 5.77. The van der Waals surface area contributed by atoms with Crippen molar-refractivity contribution in [2.45, 2.75) is 19.4 Å². The van der Waals surface area contributed by atoms with Gasteiger partial charge in [0.25, 0.3) is 0 Å². The van der Waals surface area contributed by atoms with Gasteiger partial charge in [0.2, 0.25) is 0 Å². The summed E-state index contributed by atoms with van der Waals surface area (Å²) in [4.78, 5) is 0. The summed E-state index contributed by atoms with van der Waals surface area (Å²) in [5, 5.41) is 9.57. The third-order valence-electron chi connectivity index (χ3n) is 2.58. The minimum atomic E-state index is -0.957. The van der Waals surface area contributed by atoms with Gasteiger partial charge in [-0.1, -0.05) is 58.1 Å². The molecule has 0 atom stereocenters. The zero-order chi connectivity index (χ0) is 13.9. The summed E-state index contributed by atoms with van der Waals surface area (Å²) >= 11 is 3.55. The summed E-state index contributed by atoms with van der Waals surface area (Å²) in [6.07, 6.45) is 0. The number of rotatable bonds is 1. The quantitative estimate of drug-likeness (QED) is 0.781. The SMILES string of the molecule is CC(C)(O)C#Cc1ccc(-c2ccccc2Br)cc1. The van der Waals surface area contributed by atoms with Crippen LogP contribution in [0.2, 0.25) is 0 Å². The molecule has 2 heteroatoms. The van der Waals surface area contributed by atoms with Crippen LogP contribution in [0, 0.1) is 11.8 Å². The van der Waals surface area contributed by atoms with E-state index in [0.717, 1.165) is 21.2 Å². The summed E-state index contributed by atoms with van der Waals surface area (Å²) in [7, 11) is 0. The van der Waals surface area contributed by atoms with E-state index in [4.69, 9.17) is 0 Å². The number of aliphatic hydroxyl groups is 1. The summed E-state index contributed by atoms with van der Waals surface area (Å²) in [6, 6.07) is 16.1. The van der Waals surface area contributed by atoms with Crippen molar-refractivity contribution in [2.75, 3.05) is 0 Å². The Bertz CT molecular complexity index is 625. The number of hydrogen-bond acceptors (Lipinski definition) is 1. The second-order valence-corrected chi connectivity index (χ2v) is 5.72. The van der Waals surface area contributed by atoms with Crippen LogP contribution < -0.4 is 0 Å². The molecule has 2 rings (SSSR count). The molecule has 0 spiro atoms. The minimum absolute atomic E-state index is 0.901. The van der Waals surface area contributed by atoms with Gasteiger partial charge in [-0.05, 0) is 43.2 Å². The molecule has 0 aliphatic rings. The number of halogens is 1. The van der Waals surface area contributed by atoms with Gasteiger partial charge in [-0.25, -0.2) is 0 Å². The standard InChI is InChI=1S/C17H15BrO/c1-17(2,19)12-11-13-7-9-14(10-8-13)15-5-3-4-6-16(15)18/h3-10,19H,1-2H3. The molecule has 19 heavy (non-hydrogen) atoms. The van der Waals surface area contributed by atoms with Gasteiger partial charge >= 0.3 is 0 Å². The van der Waals surface area contributed by atoms with Crippen LogP contribution in [0.3, 0.4) is 0 Å². The first-order chi connectivity index (χ1) is 8.96. The fourth-order valence-electron chi connectivity index (χ4n) is 1.65. The van der Waals surface area contributed by atoms with Crippen molar-refractivity contribution in [2.24, 2.45) is 0 Å². The molecule has 0 amide bonds. The Kier molecular flexibility index (Phi) is 4.09. The second kappa shape index (κ2) is 5.61. The summed E-state index contributed by atoms with van der Waals surface area (Å²) < 4.78 is 1.07. The van der Waals surface area contributed by atoms with Crippen molar-refractivity contribution in [3.8, 4) is 23.0 Å². The Morgan fingerprint density at radius 2 is 1.63 bits per heavy atom. The molecule has 0 heterocycles. The maximum absolute atomic E-state index is 9.57. The van der Waals surface area contributed by atoms with Crippen molar-refractivity contribution in [1.82, 2.24) is 0 Å². The molecule has 0 aromatic heterocycles. The van der Waals surface area contributed by atoms with Crippen LogP contribution in [0.15, 0.2) is 53.0 Å². The lowest BCUT2D eigenvalue weighted by atomic mass is 10.0. The van der Waals surface area contributed by atoms with Gasteiger partial charge in [-0.3, -0.25) is 0 Å². The van der Waals surface area contributed by atoms with Crippen LogP contribution >= 0.6 is 15.9 Å². The monoisotopic (exact) mass is 314 g/mol. The van der Waals surface area contributed by atoms with E-state index in [1.54, 1.807) is 13.8 Å². The highest BCUT2D eigenvalue weighted by atomic mass is 79.9. The highest BCUT2D eigenvalue weighted by Crippen LogP contribution is 2.27. The molecular weight excluding hydrogens is 300 g/mol. The van der Waals surface area contributed by atoms with Gasteiger partial charge in [-0.2, -0.15) is 0 Å². The maximum atomic E-state index is 9.57. The molecule has 0 saturated carbocycles. The van der Waals surface area contributed by atoms with E-state index in [0.29, 0.717) is 0 Å². The molecule has 0 saturated heterocycles. The Balaban J connectivity index is 2.29. The largest absolute Gasteiger partial charge is 0.378 e. The Labute approximate surface area is 122 Å². The molecule has 0 fully saturated rings. The van der Waals surface area contributed by atoms with E-state index < -0.39 is 5.60 Å². The van der Waals surface area contributed by atoms with Gasteiger partial charge in [-0.15, -0.1) is 0 Å². The normalized spacial score (nSPS) is 10.7. The van der Waals surface area contributed by atoms with Gasteiger partial charge in [0.1, 0.15) is 5.60 Å². The van der Waals surface area contributed by atoms with E-state index in [9.17, 15) is 5.11 Å². The molecule has 0 aliphatic carbocycles. The van der Waals surface area contributed by atoms with Crippen LogP contribution in [0.4, 0.5) is 0 Å². The number of benzene rings is 2. The van der Waals surface area contributed by atoms with E-state index >= 15 is 0 Å². The third-order valence-corrected chi connectivity index (χ3v) is 3.27. The minimum Gasteiger partial charge on any atom is -0.378 e. The lowest BCUT2D eigenvalue weighted by molar-refractivity contribution is 0.143. The first kappa shape index (κ1) is 13.9. The van der Waals surface area contributed by atoms with E-state index in [2.05, 4.69) is 33.8 Å². The second-order valence-electron chi connectivity index (χ2n) is 4.87. The van der Waals surface area contributed by atoms with Crippen molar-refractivity contribution in [1.29, 1.82) is 0 Å². The van der Waals surface area contributed by atoms with E-state index in [1.807, 2.05) is 42.5 Å². The topological polar surface area (TPSA) is 20.2 Å². The van der Waals surface area contributed by atoms with Crippen LogP contribution in [0.1, 0.15) is 19.4 Å². The molecular formula is C17H15BrO. The molecule has 1 nitrogen and oxygen atoms in total. The van der Waals surface area contributed by atoms with Crippen molar-refractivity contribution in [3.63, 3.8) is 0 Å². The smallest absolute Gasteiger partial charge is 0.120 e. The van der Waals surface area contributed by atoms with Crippen LogP contribution in [0.25, 0.3) is 11.1 Å². The van der Waals surface area contributed by atoms with Crippen LogP contribution in [-0.4, -0.2) is 10.7 Å². The van der Waals surface area contributed by atoms with Gasteiger partial charge in [0.05, 0.1) is 0 Å². The lowest BCUT2D eigenvalue weighted by Crippen LogP contribution is -2.14. The van der Waals surface area contributed by atoms with Crippen LogP contribution in [0.5, 0.6) is 0 Å². The highest BCUT2D eigenvalue weighted by Gasteiger charge is 2.06. The Morgan fingerprint density at radius 1 is 1.00 bits per heavy atom. The predicted octanol–water partition coefficient (Wildman–Crippen LogP) is 4.24. The average molecular weight is 315 g/mol. The zero-order valence-corrected chi connectivity index (χ0v) is 12.5. The van der Waals surface area contributed by atoms with E-state index in [1.165, 1.54) is 0 Å². The van der Waals surface area contributed by atoms with Gasteiger partial charge < -0.3 is 5.11 Å². The molecule has 1 N–H and O–H groups in total. The van der Waals surface area contributed by atoms with Gasteiger partial charge in [0, 0.05) is 10.0 Å². The summed E-state index contributed by atoms with van der Waals surface area (Å²) in [5.41, 5.74) is 2.24. The Hall–Kier alpha value is -1.56. The molecule has 96 valence electrons. The van der Waals surface area contributed by atoms with Crippen molar-refractivity contribution in [3.05, 3.63) is 58.6 Å². The fourth-order valence-corrected chi connectivity index (χ4v) is 2.17. The first-order valence-electron chi connectivity index (χ1n) is 6.06. The summed E-state index contributed by atoms with van der Waals surface area (Å²) in [6.45, 7) is 3.35. The van der Waals surface area contributed by atoms with Gasteiger partial charge in [0.15, 0.2) is 0 Å². The predicted molar refractivity (Wildman–Crippen MR) is 82.8 cm³/mol. The maximum Gasteiger partial charge on any atom is 0.120 e. The average Bonchev–Trinajstić information content (AvgIpc) is 2.37. The molecule has 0 unspecified atom stereocenters. The molecule has 0 radical (unpaired) electrons. The van der Waals surface area contributed by atoms with Crippen LogP contribution in [-0.2, 0) is 0 Å². The number of hydrogen-bond donors (Lipinski definition) is 1. The van der Waals surface area contributed by atoms with Crippen molar-refractivity contribution >= 4 is 15.9 Å². The fraction of sp³-hybridized carbons (Fsp3) is 0.176. The molecule has 2 aromatic rings. The van der Waals surface area contributed by atoms with Crippen molar-refractivity contribution < 1.29 is 5.11 Å². The molecule has 2 aromatic carbocycles. The first-order valence-corrected chi connectivity index (χ1v) is 6.85. The zero-order valence-electron chi connectivity index (χ0n) is 10.9. The lowest BCUT2D eigenvalue weighted by Gasteiger charge is -2.06. The molecule has 0 aliphatic heterocycles.